The molecule has 3 heterocycles. The second-order valence-corrected chi connectivity index (χ2v) is 14.4. The fraction of sp³-hybridized carbons (Fsp3) is 0.0600. The third-order valence-electron chi connectivity index (χ3n) is 11.4. The van der Waals surface area contributed by atoms with Crippen LogP contribution in [0.5, 0.6) is 0 Å². The van der Waals surface area contributed by atoms with Gasteiger partial charge in [-0.25, -0.2) is 0 Å². The number of pyridine rings is 1. The zero-order valence-electron chi connectivity index (χ0n) is 29.3. The smallest absolute Gasteiger partial charge is 0.0963 e. The van der Waals surface area contributed by atoms with Gasteiger partial charge in [-0.1, -0.05) is 110 Å². The van der Waals surface area contributed by atoms with Crippen molar-refractivity contribution in [2.75, 3.05) is 0 Å². The fourth-order valence-electron chi connectivity index (χ4n) is 8.96. The molecular weight excluding hydrogens is 643 g/mol. The molecule has 3 aromatic heterocycles. The van der Waals surface area contributed by atoms with E-state index in [0.717, 1.165) is 35.9 Å². The summed E-state index contributed by atoms with van der Waals surface area (Å²) in [5.74, 6) is 0. The SMILES string of the molecule is C=C1/C=C\C(c2ccc3c(c2)Cc2cc(-n4c5ccccc5c5ncccc54)ccc2-3)=C/CCc2cc(-n3c4ccccc4c4ccccc43)ccc21. The van der Waals surface area contributed by atoms with Gasteiger partial charge in [-0.2, -0.15) is 0 Å². The van der Waals surface area contributed by atoms with Gasteiger partial charge in [-0.05, 0) is 124 Å². The van der Waals surface area contributed by atoms with E-state index >= 15 is 0 Å². The molecule has 0 amide bonds. The van der Waals surface area contributed by atoms with Crippen LogP contribution >= 0.6 is 0 Å². The monoisotopic (exact) mass is 677 g/mol. The second-order valence-electron chi connectivity index (χ2n) is 14.4. The number of aromatic nitrogens is 3. The van der Waals surface area contributed by atoms with Crippen LogP contribution < -0.4 is 0 Å². The summed E-state index contributed by atoms with van der Waals surface area (Å²) < 4.78 is 4.76. The molecule has 11 rings (SSSR count). The van der Waals surface area contributed by atoms with E-state index in [4.69, 9.17) is 4.98 Å². The summed E-state index contributed by atoms with van der Waals surface area (Å²) >= 11 is 0. The van der Waals surface area contributed by atoms with Crippen molar-refractivity contribution in [1.29, 1.82) is 0 Å². The fourth-order valence-corrected chi connectivity index (χ4v) is 8.96. The van der Waals surface area contributed by atoms with Gasteiger partial charge in [-0.15, -0.1) is 0 Å². The Balaban J connectivity index is 0.911. The summed E-state index contributed by atoms with van der Waals surface area (Å²) in [7, 11) is 0. The van der Waals surface area contributed by atoms with Gasteiger partial charge in [0.15, 0.2) is 0 Å². The van der Waals surface area contributed by atoms with Crippen molar-refractivity contribution in [2.24, 2.45) is 0 Å². The average Bonchev–Trinajstić information content (AvgIpc) is 3.87. The first-order chi connectivity index (χ1) is 26.2. The zero-order valence-corrected chi connectivity index (χ0v) is 29.3. The van der Waals surface area contributed by atoms with E-state index in [1.54, 1.807) is 0 Å². The number of hydrogen-bond donors (Lipinski definition) is 0. The Bertz CT molecular complexity index is 2950. The summed E-state index contributed by atoms with van der Waals surface area (Å²) in [6.07, 6.45) is 11.6. The first-order valence-corrected chi connectivity index (χ1v) is 18.5. The van der Waals surface area contributed by atoms with Crippen molar-refractivity contribution < 1.29 is 0 Å². The minimum Gasteiger partial charge on any atom is -0.309 e. The third kappa shape index (κ3) is 4.64. The summed E-state index contributed by atoms with van der Waals surface area (Å²) in [6, 6.07) is 51.1. The maximum Gasteiger partial charge on any atom is 0.0963 e. The van der Waals surface area contributed by atoms with Crippen LogP contribution in [0.2, 0.25) is 0 Å². The molecule has 2 aliphatic rings. The van der Waals surface area contributed by atoms with Gasteiger partial charge < -0.3 is 9.13 Å². The lowest BCUT2D eigenvalue weighted by atomic mass is 9.97. The van der Waals surface area contributed by atoms with Crippen molar-refractivity contribution in [2.45, 2.75) is 19.3 Å². The molecule has 3 nitrogen and oxygen atoms in total. The lowest BCUT2D eigenvalue weighted by Gasteiger charge is -2.14. The zero-order chi connectivity index (χ0) is 35.0. The summed E-state index contributed by atoms with van der Waals surface area (Å²) in [4.78, 5) is 4.75. The Labute approximate surface area is 308 Å². The van der Waals surface area contributed by atoms with Crippen molar-refractivity contribution in [3.63, 3.8) is 0 Å². The van der Waals surface area contributed by atoms with Gasteiger partial charge in [0.2, 0.25) is 0 Å². The average molecular weight is 678 g/mol. The maximum absolute atomic E-state index is 4.75. The molecule has 0 bridgehead atoms. The molecule has 0 saturated heterocycles. The summed E-state index contributed by atoms with van der Waals surface area (Å²) in [5.41, 5.74) is 19.7. The van der Waals surface area contributed by atoms with Crippen LogP contribution in [0, 0.1) is 0 Å². The van der Waals surface area contributed by atoms with E-state index in [1.165, 1.54) is 88.6 Å². The van der Waals surface area contributed by atoms with E-state index in [0.29, 0.717) is 0 Å². The van der Waals surface area contributed by atoms with Gasteiger partial charge in [0.05, 0.1) is 27.6 Å². The van der Waals surface area contributed by atoms with Crippen LogP contribution in [0.25, 0.3) is 77.4 Å². The van der Waals surface area contributed by atoms with Crippen LogP contribution in [-0.4, -0.2) is 14.1 Å². The molecule has 2 aliphatic carbocycles. The Morgan fingerprint density at radius 2 is 1.09 bits per heavy atom. The molecule has 0 fully saturated rings. The molecule has 0 saturated carbocycles. The van der Waals surface area contributed by atoms with Crippen molar-refractivity contribution in [3.8, 4) is 22.5 Å². The molecular formula is C50H35N3. The highest BCUT2D eigenvalue weighted by atomic mass is 15.0. The normalized spacial score (nSPS) is 15.5. The molecule has 0 spiro atoms. The topological polar surface area (TPSA) is 22.8 Å². The van der Waals surface area contributed by atoms with E-state index in [9.17, 15) is 0 Å². The second kappa shape index (κ2) is 11.7. The molecule has 6 aromatic carbocycles. The van der Waals surface area contributed by atoms with Crippen molar-refractivity contribution >= 4 is 54.9 Å². The highest BCUT2D eigenvalue weighted by Crippen LogP contribution is 2.41. The number of fused-ring (bicyclic) bond motifs is 10. The molecule has 0 N–H and O–H groups in total. The maximum atomic E-state index is 4.75. The van der Waals surface area contributed by atoms with Crippen molar-refractivity contribution in [1.82, 2.24) is 14.1 Å². The number of para-hydroxylation sites is 3. The molecule has 53 heavy (non-hydrogen) atoms. The van der Waals surface area contributed by atoms with Gasteiger partial charge in [0.25, 0.3) is 0 Å². The van der Waals surface area contributed by atoms with E-state index < -0.39 is 0 Å². The molecule has 0 radical (unpaired) electrons. The quantitative estimate of drug-likeness (QED) is 0.182. The highest BCUT2D eigenvalue weighted by molar-refractivity contribution is 6.09. The number of hydrogen-bond acceptors (Lipinski definition) is 1. The number of benzene rings is 6. The van der Waals surface area contributed by atoms with Gasteiger partial charge in [-0.3, -0.25) is 4.98 Å². The minimum atomic E-state index is 0.919. The summed E-state index contributed by atoms with van der Waals surface area (Å²) in [5, 5.41) is 3.75. The first-order valence-electron chi connectivity index (χ1n) is 18.5. The Morgan fingerprint density at radius 1 is 0.509 bits per heavy atom. The van der Waals surface area contributed by atoms with E-state index in [-0.39, 0.29) is 0 Å². The van der Waals surface area contributed by atoms with Crippen LogP contribution in [-0.2, 0) is 12.8 Å². The minimum absolute atomic E-state index is 0.919. The lowest BCUT2D eigenvalue weighted by Crippen LogP contribution is -1.98. The number of nitrogens with zero attached hydrogens (tertiary/aromatic N) is 3. The van der Waals surface area contributed by atoms with Crippen LogP contribution in [0.1, 0.15) is 34.2 Å². The van der Waals surface area contributed by atoms with Gasteiger partial charge in [0, 0.05) is 33.7 Å². The van der Waals surface area contributed by atoms with Crippen LogP contribution in [0.3, 0.4) is 0 Å². The van der Waals surface area contributed by atoms with Gasteiger partial charge in [0.1, 0.15) is 0 Å². The Hall–Kier alpha value is -6.71. The predicted molar refractivity (Wildman–Crippen MR) is 222 cm³/mol. The highest BCUT2D eigenvalue weighted by Gasteiger charge is 2.22. The third-order valence-corrected chi connectivity index (χ3v) is 11.4. The van der Waals surface area contributed by atoms with Gasteiger partial charge >= 0.3 is 0 Å². The van der Waals surface area contributed by atoms with E-state index in [1.807, 2.05) is 12.3 Å². The molecule has 9 aromatic rings. The number of allylic oxidation sites excluding steroid dienone is 5. The Morgan fingerprint density at radius 3 is 1.85 bits per heavy atom. The largest absolute Gasteiger partial charge is 0.309 e. The van der Waals surface area contributed by atoms with Crippen LogP contribution in [0.15, 0.2) is 171 Å². The van der Waals surface area contributed by atoms with Crippen LogP contribution in [0.4, 0.5) is 0 Å². The molecule has 0 atom stereocenters. The standard InChI is InChI=1S/C50H35N3/c1-32-19-20-33(10-8-11-35-30-38(22-25-40(32)35)52-46-15-5-2-12-43(46)44-13-3-6-16-47(44)52)34-21-24-41-36(28-34)29-37-31-39(23-26-42(37)41)53-48-17-7-4-14-45(48)50-49(53)18-9-27-51-50/h2-7,9-10,12-28,30-31H,1,8,11,29H2/b20-19-,33-10+. The van der Waals surface area contributed by atoms with E-state index in [2.05, 4.69) is 167 Å². The Kier molecular flexibility index (Phi) is 6.59. The number of aryl methyl sites for hydroxylation is 1. The molecule has 0 aliphatic heterocycles. The molecule has 0 unspecified atom stereocenters. The predicted octanol–water partition coefficient (Wildman–Crippen LogP) is 12.4. The lowest BCUT2D eigenvalue weighted by molar-refractivity contribution is 0.993. The summed E-state index contributed by atoms with van der Waals surface area (Å²) in [6.45, 7) is 4.54. The van der Waals surface area contributed by atoms with Crippen molar-refractivity contribution in [3.05, 3.63) is 198 Å². The first kappa shape index (κ1) is 30.0. The number of rotatable bonds is 3. The molecule has 250 valence electrons. The molecule has 3 heteroatoms.